The number of nitrogens with one attached hydrogen (secondary N) is 1. The standard InChI is InChI=1S/C15H22FNO2/c1-11(8-12-6-4-5-7-14(12)16)17-9-13-10-18-15(2,3)19-13/h4-7,11,13,17H,8-10H2,1-3H3. The van der Waals surface area contributed by atoms with E-state index in [4.69, 9.17) is 9.47 Å². The molecule has 3 nitrogen and oxygen atoms in total. The highest BCUT2D eigenvalue weighted by Crippen LogP contribution is 2.21. The zero-order valence-corrected chi connectivity index (χ0v) is 11.8. The predicted molar refractivity (Wildman–Crippen MR) is 72.5 cm³/mol. The highest BCUT2D eigenvalue weighted by atomic mass is 19.1. The minimum absolute atomic E-state index is 0.0677. The number of rotatable bonds is 5. The molecule has 1 saturated heterocycles. The molecule has 106 valence electrons. The molecule has 1 N–H and O–H groups in total. The Morgan fingerprint density at radius 2 is 2.16 bits per heavy atom. The highest BCUT2D eigenvalue weighted by molar-refractivity contribution is 5.18. The van der Waals surface area contributed by atoms with Crippen LogP contribution < -0.4 is 5.32 Å². The third-order valence-corrected chi connectivity index (χ3v) is 3.25. The maximum Gasteiger partial charge on any atom is 0.163 e. The Hall–Kier alpha value is -0.970. The minimum Gasteiger partial charge on any atom is -0.348 e. The lowest BCUT2D eigenvalue weighted by atomic mass is 10.1. The Balaban J connectivity index is 1.76. The van der Waals surface area contributed by atoms with E-state index in [1.165, 1.54) is 6.07 Å². The van der Waals surface area contributed by atoms with Gasteiger partial charge in [-0.3, -0.25) is 0 Å². The van der Waals surface area contributed by atoms with Crippen molar-refractivity contribution in [2.24, 2.45) is 0 Å². The van der Waals surface area contributed by atoms with Gasteiger partial charge in [-0.15, -0.1) is 0 Å². The van der Waals surface area contributed by atoms with Crippen LogP contribution in [0.3, 0.4) is 0 Å². The zero-order valence-electron chi connectivity index (χ0n) is 11.8. The Kier molecular flexibility index (Phi) is 4.55. The van der Waals surface area contributed by atoms with Crippen LogP contribution in [0.4, 0.5) is 4.39 Å². The van der Waals surface area contributed by atoms with Crippen LogP contribution in [0.15, 0.2) is 24.3 Å². The summed E-state index contributed by atoms with van der Waals surface area (Å²) in [5, 5.41) is 3.37. The third-order valence-electron chi connectivity index (χ3n) is 3.25. The fourth-order valence-electron chi connectivity index (χ4n) is 2.26. The van der Waals surface area contributed by atoms with Crippen LogP contribution in [0.25, 0.3) is 0 Å². The summed E-state index contributed by atoms with van der Waals surface area (Å²) < 4.78 is 24.7. The Morgan fingerprint density at radius 1 is 1.42 bits per heavy atom. The van der Waals surface area contributed by atoms with Gasteiger partial charge in [0.05, 0.1) is 12.7 Å². The smallest absolute Gasteiger partial charge is 0.163 e. The molecule has 1 aliphatic heterocycles. The lowest BCUT2D eigenvalue weighted by molar-refractivity contribution is -0.137. The molecular formula is C15H22FNO2. The SMILES string of the molecule is CC(Cc1ccccc1F)NCC1COC(C)(C)O1. The second kappa shape index (κ2) is 5.99. The normalized spacial score (nSPS) is 23.5. The Labute approximate surface area is 114 Å². The summed E-state index contributed by atoms with van der Waals surface area (Å²) in [6, 6.07) is 7.10. The van der Waals surface area contributed by atoms with Crippen molar-refractivity contribution in [2.75, 3.05) is 13.2 Å². The monoisotopic (exact) mass is 267 g/mol. The van der Waals surface area contributed by atoms with Gasteiger partial charge in [-0.1, -0.05) is 18.2 Å². The topological polar surface area (TPSA) is 30.5 Å². The van der Waals surface area contributed by atoms with Crippen molar-refractivity contribution in [1.29, 1.82) is 0 Å². The van der Waals surface area contributed by atoms with E-state index < -0.39 is 5.79 Å². The van der Waals surface area contributed by atoms with Crippen molar-refractivity contribution in [3.05, 3.63) is 35.6 Å². The first kappa shape index (κ1) is 14.4. The third kappa shape index (κ3) is 4.27. The van der Waals surface area contributed by atoms with Gasteiger partial charge in [-0.2, -0.15) is 0 Å². The van der Waals surface area contributed by atoms with Crippen LogP contribution in [-0.4, -0.2) is 31.1 Å². The van der Waals surface area contributed by atoms with E-state index in [9.17, 15) is 4.39 Å². The summed E-state index contributed by atoms with van der Waals surface area (Å²) in [5.74, 6) is -0.626. The molecule has 19 heavy (non-hydrogen) atoms. The zero-order chi connectivity index (χ0) is 13.9. The number of halogens is 1. The molecule has 0 saturated carbocycles. The molecule has 1 heterocycles. The fraction of sp³-hybridized carbons (Fsp3) is 0.600. The van der Waals surface area contributed by atoms with E-state index in [0.717, 1.165) is 12.1 Å². The van der Waals surface area contributed by atoms with Gasteiger partial charge in [0, 0.05) is 12.6 Å². The van der Waals surface area contributed by atoms with Gasteiger partial charge in [0.15, 0.2) is 5.79 Å². The molecule has 0 amide bonds. The average molecular weight is 267 g/mol. The summed E-state index contributed by atoms with van der Waals surface area (Å²) in [6.07, 6.45) is 0.738. The minimum atomic E-state index is -0.485. The number of hydrogen-bond donors (Lipinski definition) is 1. The maximum absolute atomic E-state index is 13.5. The van der Waals surface area contributed by atoms with E-state index >= 15 is 0 Å². The van der Waals surface area contributed by atoms with Gasteiger partial charge in [0.1, 0.15) is 5.82 Å². The van der Waals surface area contributed by atoms with E-state index in [0.29, 0.717) is 13.0 Å². The first-order valence-corrected chi connectivity index (χ1v) is 6.75. The highest BCUT2D eigenvalue weighted by Gasteiger charge is 2.32. The molecule has 0 radical (unpaired) electrons. The quantitative estimate of drug-likeness (QED) is 0.889. The Bertz CT molecular complexity index is 422. The largest absolute Gasteiger partial charge is 0.348 e. The van der Waals surface area contributed by atoms with Crippen molar-refractivity contribution in [2.45, 2.75) is 45.1 Å². The molecule has 4 heteroatoms. The molecule has 1 aromatic rings. The van der Waals surface area contributed by atoms with Crippen LogP contribution in [0.1, 0.15) is 26.3 Å². The molecule has 1 aromatic carbocycles. The van der Waals surface area contributed by atoms with Crippen LogP contribution in [-0.2, 0) is 15.9 Å². The van der Waals surface area contributed by atoms with Gasteiger partial charge < -0.3 is 14.8 Å². The van der Waals surface area contributed by atoms with E-state index in [2.05, 4.69) is 5.32 Å². The lowest BCUT2D eigenvalue weighted by Gasteiger charge is -2.19. The summed E-state index contributed by atoms with van der Waals surface area (Å²) in [4.78, 5) is 0. The lowest BCUT2D eigenvalue weighted by Crippen LogP contribution is -2.37. The molecule has 2 unspecified atom stereocenters. The van der Waals surface area contributed by atoms with Gasteiger partial charge in [0.25, 0.3) is 0 Å². The molecule has 0 spiro atoms. The van der Waals surface area contributed by atoms with Gasteiger partial charge in [-0.05, 0) is 38.8 Å². The van der Waals surface area contributed by atoms with E-state index in [-0.39, 0.29) is 18.0 Å². The number of benzene rings is 1. The molecule has 0 bridgehead atoms. The van der Waals surface area contributed by atoms with Crippen LogP contribution in [0.2, 0.25) is 0 Å². The molecule has 1 aliphatic rings. The summed E-state index contributed by atoms with van der Waals surface area (Å²) >= 11 is 0. The molecule has 2 rings (SSSR count). The summed E-state index contributed by atoms with van der Waals surface area (Å²) in [5.41, 5.74) is 0.742. The van der Waals surface area contributed by atoms with Crippen molar-refractivity contribution < 1.29 is 13.9 Å². The summed E-state index contributed by atoms with van der Waals surface area (Å²) in [7, 11) is 0. The molecule has 2 atom stereocenters. The van der Waals surface area contributed by atoms with Crippen LogP contribution in [0, 0.1) is 5.82 Å². The van der Waals surface area contributed by atoms with E-state index in [1.54, 1.807) is 6.07 Å². The van der Waals surface area contributed by atoms with Crippen molar-refractivity contribution in [1.82, 2.24) is 5.32 Å². The van der Waals surface area contributed by atoms with Crippen molar-refractivity contribution in [3.63, 3.8) is 0 Å². The van der Waals surface area contributed by atoms with Crippen LogP contribution >= 0.6 is 0 Å². The van der Waals surface area contributed by atoms with Gasteiger partial charge in [0.2, 0.25) is 0 Å². The van der Waals surface area contributed by atoms with E-state index in [1.807, 2.05) is 32.9 Å². The van der Waals surface area contributed by atoms with Crippen molar-refractivity contribution >= 4 is 0 Å². The van der Waals surface area contributed by atoms with Crippen LogP contribution in [0.5, 0.6) is 0 Å². The Morgan fingerprint density at radius 3 is 2.79 bits per heavy atom. The first-order valence-electron chi connectivity index (χ1n) is 6.75. The molecule has 1 fully saturated rings. The van der Waals surface area contributed by atoms with Crippen molar-refractivity contribution in [3.8, 4) is 0 Å². The second-order valence-electron chi connectivity index (χ2n) is 5.56. The maximum atomic E-state index is 13.5. The first-order chi connectivity index (χ1) is 8.96. The number of hydrogen-bond acceptors (Lipinski definition) is 3. The van der Waals surface area contributed by atoms with Gasteiger partial charge >= 0.3 is 0 Å². The number of ether oxygens (including phenoxy) is 2. The predicted octanol–water partition coefficient (Wildman–Crippen LogP) is 2.50. The average Bonchev–Trinajstić information content (AvgIpc) is 2.69. The second-order valence-corrected chi connectivity index (χ2v) is 5.56. The fourth-order valence-corrected chi connectivity index (χ4v) is 2.26. The summed E-state index contributed by atoms with van der Waals surface area (Å²) in [6.45, 7) is 7.20. The molecule has 0 aromatic heterocycles. The molecule has 0 aliphatic carbocycles. The van der Waals surface area contributed by atoms with Gasteiger partial charge in [-0.25, -0.2) is 4.39 Å². The molecular weight excluding hydrogens is 245 g/mol.